The summed E-state index contributed by atoms with van der Waals surface area (Å²) in [6, 6.07) is 21.3. The van der Waals surface area contributed by atoms with Gasteiger partial charge >= 0.3 is 6.16 Å². The van der Waals surface area contributed by atoms with Crippen molar-refractivity contribution < 1.29 is 19.4 Å². The van der Waals surface area contributed by atoms with Crippen molar-refractivity contribution in [2.75, 3.05) is 0 Å². The van der Waals surface area contributed by atoms with Gasteiger partial charge in [-0.15, -0.1) is 0 Å². The lowest BCUT2D eigenvalue weighted by atomic mass is 10.0. The standard InChI is InChI=1S/C24H17ClN4O4/c25-18-5-1-3-15(9-18)14-32-19-6-2-4-16(10-19)17-7-8-21-22(11-17)28-23(27-21)29-13-20(12-26-29)33-24(30)31/h1-13H,14H2,(H,27,28)(H,30,31). The number of hydrogen-bond acceptors (Lipinski definition) is 5. The van der Waals surface area contributed by atoms with Crippen LogP contribution in [0.25, 0.3) is 28.1 Å². The maximum absolute atomic E-state index is 10.7. The number of aromatic amines is 1. The van der Waals surface area contributed by atoms with Crippen LogP contribution in [0, 0.1) is 0 Å². The zero-order valence-electron chi connectivity index (χ0n) is 17.1. The Bertz CT molecular complexity index is 1460. The Hall–Kier alpha value is -4.30. The Morgan fingerprint density at radius 1 is 1.03 bits per heavy atom. The summed E-state index contributed by atoms with van der Waals surface area (Å²) >= 11 is 6.04. The summed E-state index contributed by atoms with van der Waals surface area (Å²) < 4.78 is 12.0. The minimum absolute atomic E-state index is 0.109. The van der Waals surface area contributed by atoms with Crippen LogP contribution < -0.4 is 9.47 Å². The smallest absolute Gasteiger partial charge is 0.489 e. The van der Waals surface area contributed by atoms with Gasteiger partial charge in [0.2, 0.25) is 5.95 Å². The molecule has 0 atom stereocenters. The predicted octanol–water partition coefficient (Wildman–Crippen LogP) is 5.70. The molecule has 9 heteroatoms. The van der Waals surface area contributed by atoms with E-state index in [4.69, 9.17) is 21.4 Å². The van der Waals surface area contributed by atoms with Crippen LogP contribution in [0.3, 0.4) is 0 Å². The van der Waals surface area contributed by atoms with Crippen molar-refractivity contribution in [1.82, 2.24) is 19.7 Å². The van der Waals surface area contributed by atoms with E-state index in [1.807, 2.05) is 66.7 Å². The van der Waals surface area contributed by atoms with Crippen molar-refractivity contribution in [3.8, 4) is 28.6 Å². The van der Waals surface area contributed by atoms with Crippen molar-refractivity contribution in [3.05, 3.63) is 89.7 Å². The number of rotatable bonds is 6. The molecule has 0 saturated heterocycles. The molecule has 5 rings (SSSR count). The number of ether oxygens (including phenoxy) is 2. The lowest BCUT2D eigenvalue weighted by molar-refractivity contribution is 0.144. The molecule has 164 valence electrons. The van der Waals surface area contributed by atoms with Gasteiger partial charge in [0.1, 0.15) is 12.4 Å². The first kappa shape index (κ1) is 20.6. The van der Waals surface area contributed by atoms with Crippen LogP contribution in [0.2, 0.25) is 5.02 Å². The molecule has 5 aromatic rings. The zero-order valence-corrected chi connectivity index (χ0v) is 17.9. The highest BCUT2D eigenvalue weighted by Crippen LogP contribution is 2.27. The van der Waals surface area contributed by atoms with E-state index in [9.17, 15) is 4.79 Å². The number of aromatic nitrogens is 4. The molecule has 0 radical (unpaired) electrons. The number of H-pyrrole nitrogens is 1. The lowest BCUT2D eigenvalue weighted by Gasteiger charge is -2.09. The fraction of sp³-hybridized carbons (Fsp3) is 0.0417. The number of carbonyl (C=O) groups is 1. The molecule has 0 fully saturated rings. The Kier molecular flexibility index (Phi) is 5.42. The molecule has 0 aliphatic heterocycles. The number of halogens is 1. The zero-order chi connectivity index (χ0) is 22.8. The second kappa shape index (κ2) is 8.68. The number of nitrogens with zero attached hydrogens (tertiary/aromatic N) is 3. The van der Waals surface area contributed by atoms with Crippen LogP contribution >= 0.6 is 11.6 Å². The van der Waals surface area contributed by atoms with E-state index in [1.54, 1.807) is 0 Å². The van der Waals surface area contributed by atoms with Crippen molar-refractivity contribution in [2.24, 2.45) is 0 Å². The summed E-state index contributed by atoms with van der Waals surface area (Å²) in [7, 11) is 0. The van der Waals surface area contributed by atoms with Crippen LogP contribution in [0.5, 0.6) is 11.5 Å². The number of hydrogen-bond donors (Lipinski definition) is 2. The molecular weight excluding hydrogens is 444 g/mol. The van der Waals surface area contributed by atoms with E-state index < -0.39 is 6.16 Å². The molecule has 0 bridgehead atoms. The molecule has 0 saturated carbocycles. The molecule has 0 amide bonds. The second-order valence-corrected chi connectivity index (χ2v) is 7.66. The van der Waals surface area contributed by atoms with Gasteiger partial charge in [0.15, 0.2) is 5.75 Å². The van der Waals surface area contributed by atoms with E-state index in [1.165, 1.54) is 17.1 Å². The summed E-state index contributed by atoms with van der Waals surface area (Å²) in [4.78, 5) is 18.4. The Morgan fingerprint density at radius 3 is 2.73 bits per heavy atom. The Balaban J connectivity index is 1.37. The molecule has 0 spiro atoms. The summed E-state index contributed by atoms with van der Waals surface area (Å²) in [6.07, 6.45) is 1.34. The van der Waals surface area contributed by atoms with Crippen molar-refractivity contribution in [1.29, 1.82) is 0 Å². The van der Waals surface area contributed by atoms with Crippen LogP contribution in [-0.2, 0) is 6.61 Å². The molecule has 0 unspecified atom stereocenters. The van der Waals surface area contributed by atoms with Gasteiger partial charge in [-0.3, -0.25) is 0 Å². The number of benzene rings is 3. The molecule has 8 nitrogen and oxygen atoms in total. The fourth-order valence-electron chi connectivity index (χ4n) is 3.41. The van der Waals surface area contributed by atoms with Crippen molar-refractivity contribution >= 4 is 28.8 Å². The van der Waals surface area contributed by atoms with E-state index in [2.05, 4.69) is 19.8 Å². The third kappa shape index (κ3) is 4.65. The average Bonchev–Trinajstić information content (AvgIpc) is 3.44. The molecule has 2 N–H and O–H groups in total. The fourth-order valence-corrected chi connectivity index (χ4v) is 3.63. The second-order valence-electron chi connectivity index (χ2n) is 7.23. The maximum Gasteiger partial charge on any atom is 0.511 e. The van der Waals surface area contributed by atoms with Gasteiger partial charge < -0.3 is 19.6 Å². The highest BCUT2D eigenvalue weighted by atomic mass is 35.5. The normalized spacial score (nSPS) is 10.9. The van der Waals surface area contributed by atoms with Gasteiger partial charge in [-0.25, -0.2) is 14.5 Å². The minimum Gasteiger partial charge on any atom is -0.489 e. The molecule has 2 aromatic heterocycles. The largest absolute Gasteiger partial charge is 0.511 e. The van der Waals surface area contributed by atoms with Gasteiger partial charge in [-0.2, -0.15) is 5.10 Å². The molecule has 33 heavy (non-hydrogen) atoms. The maximum atomic E-state index is 10.7. The van der Waals surface area contributed by atoms with E-state index in [0.29, 0.717) is 17.6 Å². The first-order valence-electron chi connectivity index (χ1n) is 9.97. The van der Waals surface area contributed by atoms with Crippen LogP contribution in [0.1, 0.15) is 5.56 Å². The van der Waals surface area contributed by atoms with E-state index in [0.717, 1.165) is 33.5 Å². The van der Waals surface area contributed by atoms with Gasteiger partial charge in [-0.1, -0.05) is 41.9 Å². The molecule has 0 aliphatic carbocycles. The summed E-state index contributed by atoms with van der Waals surface area (Å²) in [5.41, 5.74) is 4.52. The third-order valence-corrected chi connectivity index (χ3v) is 5.15. The SMILES string of the molecule is O=C(O)Oc1cnn(-c2nc3cc(-c4cccc(OCc5cccc(Cl)c5)c4)ccc3[nH]2)c1. The highest BCUT2D eigenvalue weighted by molar-refractivity contribution is 6.30. The Labute approximate surface area is 193 Å². The third-order valence-electron chi connectivity index (χ3n) is 4.91. The first-order chi connectivity index (χ1) is 16.0. The summed E-state index contributed by atoms with van der Waals surface area (Å²) in [6.45, 7) is 0.420. The topological polar surface area (TPSA) is 102 Å². The predicted molar refractivity (Wildman–Crippen MR) is 123 cm³/mol. The van der Waals surface area contributed by atoms with E-state index in [-0.39, 0.29) is 5.75 Å². The van der Waals surface area contributed by atoms with Crippen LogP contribution in [-0.4, -0.2) is 31.0 Å². The van der Waals surface area contributed by atoms with Crippen molar-refractivity contribution in [3.63, 3.8) is 0 Å². The first-order valence-corrected chi connectivity index (χ1v) is 10.3. The quantitative estimate of drug-likeness (QED) is 0.315. The Morgan fingerprint density at radius 2 is 1.88 bits per heavy atom. The monoisotopic (exact) mass is 460 g/mol. The summed E-state index contributed by atoms with van der Waals surface area (Å²) in [5.74, 6) is 1.30. The van der Waals surface area contributed by atoms with Gasteiger partial charge in [0.25, 0.3) is 0 Å². The molecule has 0 aliphatic rings. The number of fused-ring (bicyclic) bond motifs is 1. The van der Waals surface area contributed by atoms with Crippen LogP contribution in [0.4, 0.5) is 4.79 Å². The van der Waals surface area contributed by atoms with Gasteiger partial charge in [0, 0.05) is 5.02 Å². The van der Waals surface area contributed by atoms with Crippen molar-refractivity contribution in [2.45, 2.75) is 6.61 Å². The number of carboxylic acid groups (broad SMARTS) is 1. The van der Waals surface area contributed by atoms with E-state index >= 15 is 0 Å². The van der Waals surface area contributed by atoms with Crippen LogP contribution in [0.15, 0.2) is 79.1 Å². The highest BCUT2D eigenvalue weighted by Gasteiger charge is 2.11. The molecule has 3 aromatic carbocycles. The number of imidazole rings is 1. The van der Waals surface area contributed by atoms with Gasteiger partial charge in [-0.05, 0) is 53.1 Å². The molecule has 2 heterocycles. The lowest BCUT2D eigenvalue weighted by Crippen LogP contribution is -2.02. The summed E-state index contributed by atoms with van der Waals surface area (Å²) in [5, 5.41) is 13.5. The van der Waals surface area contributed by atoms with Gasteiger partial charge in [0.05, 0.1) is 23.4 Å². The molecular formula is C24H17ClN4O4. The number of nitrogens with one attached hydrogen (secondary N) is 1. The average molecular weight is 461 g/mol. The minimum atomic E-state index is -1.40.